The number of sulfonamides is 1. The highest BCUT2D eigenvalue weighted by molar-refractivity contribution is 7.92. The van der Waals surface area contributed by atoms with Crippen LogP contribution in [0.4, 0.5) is 11.4 Å². The molecule has 1 amide bonds. The van der Waals surface area contributed by atoms with Crippen molar-refractivity contribution in [2.75, 3.05) is 30.0 Å². The first-order valence-corrected chi connectivity index (χ1v) is 10.4. The van der Waals surface area contributed by atoms with Crippen molar-refractivity contribution >= 4 is 27.3 Å². The summed E-state index contributed by atoms with van der Waals surface area (Å²) in [5, 5.41) is 2.97. The predicted molar refractivity (Wildman–Crippen MR) is 109 cm³/mol. The van der Waals surface area contributed by atoms with Crippen LogP contribution >= 0.6 is 0 Å². The molecule has 0 aromatic heterocycles. The third kappa shape index (κ3) is 4.60. The van der Waals surface area contributed by atoms with Crippen LogP contribution in [0.3, 0.4) is 0 Å². The number of carbonyl (C=O) groups is 1. The lowest BCUT2D eigenvalue weighted by Gasteiger charge is -2.20. The van der Waals surface area contributed by atoms with Crippen molar-refractivity contribution in [3.8, 4) is 5.75 Å². The van der Waals surface area contributed by atoms with Crippen molar-refractivity contribution < 1.29 is 17.9 Å². The second-order valence-corrected chi connectivity index (χ2v) is 8.78. The molecule has 0 bridgehead atoms. The van der Waals surface area contributed by atoms with E-state index in [1.807, 2.05) is 25.1 Å². The minimum absolute atomic E-state index is 0.241. The van der Waals surface area contributed by atoms with E-state index >= 15 is 0 Å². The van der Waals surface area contributed by atoms with E-state index in [1.165, 1.54) is 20.2 Å². The molecular formula is C20H26N2O4S. The molecule has 0 unspecified atom stereocenters. The van der Waals surface area contributed by atoms with E-state index in [0.717, 1.165) is 27.4 Å². The number of methoxy groups -OCH3 is 1. The van der Waals surface area contributed by atoms with E-state index in [9.17, 15) is 13.2 Å². The van der Waals surface area contributed by atoms with Crippen molar-refractivity contribution in [3.05, 3.63) is 53.1 Å². The van der Waals surface area contributed by atoms with Crippen LogP contribution in [0.2, 0.25) is 0 Å². The van der Waals surface area contributed by atoms with E-state index in [-0.39, 0.29) is 17.4 Å². The molecule has 0 saturated carbocycles. The van der Waals surface area contributed by atoms with Gasteiger partial charge in [0.2, 0.25) is 10.0 Å². The number of benzene rings is 2. The number of para-hydroxylation sites is 1. The maximum absolute atomic E-state index is 13.0. The van der Waals surface area contributed by atoms with Gasteiger partial charge >= 0.3 is 0 Å². The van der Waals surface area contributed by atoms with Crippen LogP contribution in [0.25, 0.3) is 0 Å². The number of nitrogens with zero attached hydrogens (tertiary/aromatic N) is 1. The summed E-state index contributed by atoms with van der Waals surface area (Å²) in [6.45, 7) is 6.06. The van der Waals surface area contributed by atoms with E-state index in [4.69, 9.17) is 4.74 Å². The molecule has 2 rings (SSSR count). The number of ether oxygens (including phenoxy) is 1. The van der Waals surface area contributed by atoms with Crippen LogP contribution in [0.15, 0.2) is 36.4 Å². The van der Waals surface area contributed by atoms with Gasteiger partial charge in [0.15, 0.2) is 0 Å². The highest BCUT2D eigenvalue weighted by Gasteiger charge is 2.20. The summed E-state index contributed by atoms with van der Waals surface area (Å²) in [6, 6.07) is 10.6. The smallest absolute Gasteiger partial charge is 0.259 e. The highest BCUT2D eigenvalue weighted by atomic mass is 32.2. The van der Waals surface area contributed by atoms with E-state index in [2.05, 4.69) is 19.2 Å². The predicted octanol–water partition coefficient (Wildman–Crippen LogP) is 3.78. The largest absolute Gasteiger partial charge is 0.496 e. The number of rotatable bonds is 6. The Labute approximate surface area is 161 Å². The molecular weight excluding hydrogens is 364 g/mol. The van der Waals surface area contributed by atoms with Gasteiger partial charge < -0.3 is 10.1 Å². The maximum Gasteiger partial charge on any atom is 0.259 e. The summed E-state index contributed by atoms with van der Waals surface area (Å²) < 4.78 is 30.1. The van der Waals surface area contributed by atoms with Crippen LogP contribution in [0, 0.1) is 6.92 Å². The lowest BCUT2D eigenvalue weighted by Crippen LogP contribution is -2.25. The lowest BCUT2D eigenvalue weighted by atomic mass is 9.98. The van der Waals surface area contributed by atoms with Crippen LogP contribution in [-0.2, 0) is 10.0 Å². The van der Waals surface area contributed by atoms with Gasteiger partial charge in [-0.25, -0.2) is 8.42 Å². The number of amides is 1. The average Bonchev–Trinajstić information content (AvgIpc) is 2.61. The van der Waals surface area contributed by atoms with E-state index in [1.54, 1.807) is 12.1 Å². The fourth-order valence-electron chi connectivity index (χ4n) is 2.78. The van der Waals surface area contributed by atoms with Crippen molar-refractivity contribution in [2.45, 2.75) is 26.7 Å². The second kappa shape index (κ2) is 8.00. The SMILES string of the molecule is COc1ccc(N(C)S(C)(=O)=O)cc1C(=O)Nc1c(C)cccc1C(C)C. The zero-order chi connectivity index (χ0) is 20.4. The monoisotopic (exact) mass is 390 g/mol. The zero-order valence-corrected chi connectivity index (χ0v) is 17.3. The van der Waals surface area contributed by atoms with Gasteiger partial charge in [0.1, 0.15) is 5.75 Å². The topological polar surface area (TPSA) is 75.7 Å². The molecule has 0 atom stereocenters. The lowest BCUT2D eigenvalue weighted by molar-refractivity contribution is 0.102. The quantitative estimate of drug-likeness (QED) is 0.814. The molecule has 146 valence electrons. The molecule has 0 aliphatic rings. The minimum Gasteiger partial charge on any atom is -0.496 e. The van der Waals surface area contributed by atoms with Crippen molar-refractivity contribution in [2.24, 2.45) is 0 Å². The Morgan fingerprint density at radius 1 is 1.19 bits per heavy atom. The molecule has 0 aliphatic carbocycles. The standard InChI is InChI=1S/C20H26N2O4S/c1-13(2)16-9-7-8-14(3)19(16)21-20(23)17-12-15(10-11-18(17)26-5)22(4)27(6,24)25/h7-13H,1-6H3,(H,21,23). The number of hydrogen-bond donors (Lipinski definition) is 1. The first kappa shape index (κ1) is 20.8. The number of aryl methyl sites for hydroxylation is 1. The number of carbonyl (C=O) groups excluding carboxylic acids is 1. The third-order valence-electron chi connectivity index (χ3n) is 4.45. The zero-order valence-electron chi connectivity index (χ0n) is 16.5. The number of anilines is 2. The van der Waals surface area contributed by atoms with Gasteiger partial charge in [-0.05, 0) is 42.2 Å². The average molecular weight is 391 g/mol. The molecule has 2 aromatic carbocycles. The Morgan fingerprint density at radius 2 is 1.85 bits per heavy atom. The summed E-state index contributed by atoms with van der Waals surface area (Å²) in [5.74, 6) is 0.259. The van der Waals surface area contributed by atoms with Crippen LogP contribution in [0.1, 0.15) is 41.3 Å². The molecule has 7 heteroatoms. The Hall–Kier alpha value is -2.54. The summed E-state index contributed by atoms with van der Waals surface area (Å²) in [7, 11) is -0.528. The number of nitrogens with one attached hydrogen (secondary N) is 1. The molecule has 0 spiro atoms. The van der Waals surface area contributed by atoms with Crippen molar-refractivity contribution in [3.63, 3.8) is 0 Å². The van der Waals surface area contributed by atoms with Gasteiger partial charge in [0, 0.05) is 12.7 Å². The van der Waals surface area contributed by atoms with Crippen molar-refractivity contribution in [1.29, 1.82) is 0 Å². The normalized spacial score (nSPS) is 11.4. The third-order valence-corrected chi connectivity index (χ3v) is 5.66. The minimum atomic E-state index is -3.44. The Morgan fingerprint density at radius 3 is 2.41 bits per heavy atom. The summed E-state index contributed by atoms with van der Waals surface area (Å²) in [5.41, 5.74) is 3.41. The molecule has 2 aromatic rings. The fourth-order valence-corrected chi connectivity index (χ4v) is 3.28. The second-order valence-electron chi connectivity index (χ2n) is 6.76. The molecule has 0 fully saturated rings. The summed E-state index contributed by atoms with van der Waals surface area (Å²) >= 11 is 0. The molecule has 6 nitrogen and oxygen atoms in total. The molecule has 1 N–H and O–H groups in total. The molecule has 0 aliphatic heterocycles. The van der Waals surface area contributed by atoms with Crippen LogP contribution in [0.5, 0.6) is 5.75 Å². The first-order chi connectivity index (χ1) is 12.6. The van der Waals surface area contributed by atoms with Crippen molar-refractivity contribution in [1.82, 2.24) is 0 Å². The summed E-state index contributed by atoms with van der Waals surface area (Å²) in [6.07, 6.45) is 1.11. The molecule has 0 saturated heterocycles. The van der Waals surface area contributed by atoms with Gasteiger partial charge in [-0.3, -0.25) is 9.10 Å². The van der Waals surface area contributed by atoms with E-state index < -0.39 is 10.0 Å². The Balaban J connectivity index is 2.48. The Bertz CT molecular complexity index is 952. The van der Waals surface area contributed by atoms with Crippen LogP contribution < -0.4 is 14.4 Å². The van der Waals surface area contributed by atoms with Gasteiger partial charge in [-0.2, -0.15) is 0 Å². The number of hydrogen-bond acceptors (Lipinski definition) is 4. The molecule has 0 radical (unpaired) electrons. The maximum atomic E-state index is 13.0. The summed E-state index contributed by atoms with van der Waals surface area (Å²) in [4.78, 5) is 13.0. The Kier molecular flexibility index (Phi) is 6.15. The van der Waals surface area contributed by atoms with Gasteiger partial charge in [0.05, 0.1) is 24.6 Å². The van der Waals surface area contributed by atoms with Gasteiger partial charge in [0.25, 0.3) is 5.91 Å². The molecule has 0 heterocycles. The van der Waals surface area contributed by atoms with E-state index in [0.29, 0.717) is 11.4 Å². The highest BCUT2D eigenvalue weighted by Crippen LogP contribution is 2.30. The first-order valence-electron chi connectivity index (χ1n) is 8.59. The van der Waals surface area contributed by atoms with Crippen LogP contribution in [-0.4, -0.2) is 34.7 Å². The molecule has 27 heavy (non-hydrogen) atoms. The fraction of sp³-hybridized carbons (Fsp3) is 0.350. The van der Waals surface area contributed by atoms with Gasteiger partial charge in [-0.15, -0.1) is 0 Å². The van der Waals surface area contributed by atoms with Gasteiger partial charge in [-0.1, -0.05) is 32.0 Å².